The number of benzene rings is 2. The molecule has 2 N–H and O–H groups in total. The number of carbonyl (C=O) groups is 2. The van der Waals surface area contributed by atoms with Gasteiger partial charge in [0.15, 0.2) is 9.84 Å². The fourth-order valence-electron chi connectivity index (χ4n) is 4.17. The largest absolute Gasteiger partial charge is 0.573 e. The Balaban J connectivity index is 1.38. The third-order valence-corrected chi connectivity index (χ3v) is 7.84. The lowest BCUT2D eigenvalue weighted by Crippen LogP contribution is -2.33. The first-order valence-corrected chi connectivity index (χ1v) is 14.1. The van der Waals surface area contributed by atoms with Crippen molar-refractivity contribution >= 4 is 27.7 Å². The van der Waals surface area contributed by atoms with Gasteiger partial charge in [-0.1, -0.05) is 24.3 Å². The lowest BCUT2D eigenvalue weighted by molar-refractivity contribution is -0.274. The molecule has 0 radical (unpaired) electrons. The average Bonchev–Trinajstić information content (AvgIpc) is 3.36. The Bertz CT molecular complexity index is 1350. The molecule has 218 valence electrons. The van der Waals surface area contributed by atoms with Crippen molar-refractivity contribution in [2.24, 2.45) is 4.99 Å². The van der Waals surface area contributed by atoms with Crippen molar-refractivity contribution in [1.82, 2.24) is 15.1 Å². The molecule has 2 amide bonds. The van der Waals surface area contributed by atoms with Gasteiger partial charge in [0.25, 0.3) is 0 Å². The van der Waals surface area contributed by atoms with E-state index in [0.29, 0.717) is 50.4 Å². The third-order valence-electron chi connectivity index (χ3n) is 6.13. The fourth-order valence-corrected chi connectivity index (χ4v) is 5.56. The van der Waals surface area contributed by atoms with E-state index in [1.807, 2.05) is 12.1 Å². The van der Waals surface area contributed by atoms with E-state index in [0.717, 1.165) is 23.8 Å². The molecule has 0 saturated heterocycles. The van der Waals surface area contributed by atoms with E-state index in [1.54, 1.807) is 24.1 Å². The summed E-state index contributed by atoms with van der Waals surface area (Å²) in [7, 11) is -2.10. The summed E-state index contributed by atoms with van der Waals surface area (Å²) in [4.78, 5) is 30.8. The number of halogens is 3. The zero-order chi connectivity index (χ0) is 29.5. The maximum absolute atomic E-state index is 12.6. The minimum absolute atomic E-state index is 0.0780. The van der Waals surface area contributed by atoms with Crippen molar-refractivity contribution < 1.29 is 41.0 Å². The number of rotatable bonds is 12. The summed E-state index contributed by atoms with van der Waals surface area (Å²) >= 11 is 0. The minimum atomic E-state index is -4.87. The molecule has 10 nitrogen and oxygen atoms in total. The molecule has 1 aliphatic heterocycles. The molecule has 14 heteroatoms. The predicted octanol–water partition coefficient (Wildman–Crippen LogP) is 3.78. The van der Waals surface area contributed by atoms with Crippen molar-refractivity contribution in [3.05, 3.63) is 59.2 Å². The third kappa shape index (κ3) is 8.68. The number of aryl methyl sites for hydroxylation is 1. The second-order valence-electron chi connectivity index (χ2n) is 9.28. The van der Waals surface area contributed by atoms with Crippen LogP contribution < -0.4 is 10.1 Å². The normalized spacial score (nSPS) is 13.7. The number of nitrogens with one attached hydrogen (secondary N) is 1. The molecule has 0 aliphatic carbocycles. The number of alkyl halides is 3. The first-order chi connectivity index (χ1) is 18.8. The topological polar surface area (TPSA) is 129 Å². The molecule has 1 aliphatic rings. The van der Waals surface area contributed by atoms with Crippen LogP contribution in [0.2, 0.25) is 0 Å². The molecule has 0 saturated carbocycles. The van der Waals surface area contributed by atoms with Crippen LogP contribution in [0.1, 0.15) is 36.0 Å². The molecule has 1 heterocycles. The van der Waals surface area contributed by atoms with E-state index in [9.17, 15) is 36.3 Å². The van der Waals surface area contributed by atoms with Crippen LogP contribution in [0.4, 0.5) is 18.0 Å². The molecular weight excluding hydrogens is 553 g/mol. The Kier molecular flexibility index (Phi) is 10.1. The number of sulfone groups is 1. The average molecular weight is 585 g/mol. The van der Waals surface area contributed by atoms with Crippen LogP contribution >= 0.6 is 0 Å². The van der Waals surface area contributed by atoms with Crippen molar-refractivity contribution in [1.29, 1.82) is 0 Å². The number of amides is 2. The number of aliphatic imine (C=N–C) groups is 1. The molecule has 3 rings (SSSR count). The number of carboxylic acid groups (broad SMARTS) is 1. The van der Waals surface area contributed by atoms with Gasteiger partial charge in [-0.05, 0) is 55.6 Å². The Morgan fingerprint density at radius 3 is 2.48 bits per heavy atom. The number of ether oxygens (including phenoxy) is 1. The Hall–Kier alpha value is -3.65. The maximum atomic E-state index is 12.6. The SMILES string of the molecule is Cc1cc(OC(F)(F)F)ccc1S(=O)(=O)CNCCCCC(=O)N(C)Cc1ccc(C2=NCCN2C(=O)O)cc1. The molecule has 0 atom stereocenters. The molecule has 0 bridgehead atoms. The second-order valence-corrected chi connectivity index (χ2v) is 11.2. The van der Waals surface area contributed by atoms with Crippen molar-refractivity contribution in [3.63, 3.8) is 0 Å². The van der Waals surface area contributed by atoms with E-state index in [2.05, 4.69) is 15.0 Å². The lowest BCUT2D eigenvalue weighted by atomic mass is 10.1. The van der Waals surface area contributed by atoms with Crippen LogP contribution in [0.25, 0.3) is 0 Å². The summed E-state index contributed by atoms with van der Waals surface area (Å²) in [6, 6.07) is 10.3. The smallest absolute Gasteiger partial charge is 0.465 e. The first-order valence-electron chi connectivity index (χ1n) is 12.4. The van der Waals surface area contributed by atoms with Gasteiger partial charge in [0.1, 0.15) is 17.5 Å². The number of unbranched alkanes of at least 4 members (excludes halogenated alkanes) is 1. The summed E-state index contributed by atoms with van der Waals surface area (Å²) in [5, 5.41) is 12.1. The molecule has 2 aromatic carbocycles. The summed E-state index contributed by atoms with van der Waals surface area (Å²) in [6.07, 6.45) is -4.57. The number of nitrogens with zero attached hydrogens (tertiary/aromatic N) is 3. The van der Waals surface area contributed by atoms with Gasteiger partial charge < -0.3 is 20.1 Å². The van der Waals surface area contributed by atoms with E-state index in [4.69, 9.17) is 0 Å². The predicted molar refractivity (Wildman–Crippen MR) is 141 cm³/mol. The highest BCUT2D eigenvalue weighted by Crippen LogP contribution is 2.27. The van der Waals surface area contributed by atoms with E-state index >= 15 is 0 Å². The number of amidine groups is 1. The highest BCUT2D eigenvalue weighted by atomic mass is 32.2. The summed E-state index contributed by atoms with van der Waals surface area (Å²) in [6.45, 7) is 2.85. The Morgan fingerprint density at radius 1 is 1.15 bits per heavy atom. The lowest BCUT2D eigenvalue weighted by Gasteiger charge is -2.18. The maximum Gasteiger partial charge on any atom is 0.573 e. The van der Waals surface area contributed by atoms with Crippen LogP contribution in [0, 0.1) is 6.92 Å². The van der Waals surface area contributed by atoms with Crippen LogP contribution in [0.15, 0.2) is 52.4 Å². The molecule has 0 spiro atoms. The number of carbonyl (C=O) groups excluding carboxylic acids is 1. The minimum Gasteiger partial charge on any atom is -0.465 e. The van der Waals surface area contributed by atoms with E-state index in [-0.39, 0.29) is 22.8 Å². The van der Waals surface area contributed by atoms with Crippen LogP contribution in [-0.2, 0) is 21.2 Å². The van der Waals surface area contributed by atoms with Crippen LogP contribution in [0.5, 0.6) is 5.75 Å². The zero-order valence-electron chi connectivity index (χ0n) is 22.1. The fraction of sp³-hybridized carbons (Fsp3) is 0.423. The molecular formula is C26H31F3N4O6S. The van der Waals surface area contributed by atoms with Crippen molar-refractivity contribution in [2.45, 2.75) is 44.0 Å². The highest BCUT2D eigenvalue weighted by molar-refractivity contribution is 7.91. The van der Waals surface area contributed by atoms with Gasteiger partial charge in [-0.25, -0.2) is 13.2 Å². The van der Waals surface area contributed by atoms with Gasteiger partial charge in [0.2, 0.25) is 5.91 Å². The van der Waals surface area contributed by atoms with Gasteiger partial charge in [0.05, 0.1) is 18.0 Å². The van der Waals surface area contributed by atoms with Gasteiger partial charge in [-0.3, -0.25) is 14.7 Å². The van der Waals surface area contributed by atoms with Gasteiger partial charge in [-0.2, -0.15) is 0 Å². The van der Waals surface area contributed by atoms with E-state index < -0.39 is 33.9 Å². The molecule has 0 fully saturated rings. The van der Waals surface area contributed by atoms with Gasteiger partial charge >= 0.3 is 12.5 Å². The first kappa shape index (κ1) is 30.9. The standard InChI is InChI=1S/C26H31F3N4O6S/c1-18-15-21(39-26(27,28)29)10-11-22(18)40(37,38)17-30-12-4-3-5-23(34)32(2)16-19-6-8-20(9-7-19)24-31-13-14-33(24)25(35)36/h6-11,15,30H,3-5,12-14,16-17H2,1-2H3,(H,35,36). The number of hydrogen-bond acceptors (Lipinski definition) is 7. The monoisotopic (exact) mass is 584 g/mol. The quantitative estimate of drug-likeness (QED) is 0.364. The zero-order valence-corrected chi connectivity index (χ0v) is 22.9. The summed E-state index contributed by atoms with van der Waals surface area (Å²) < 4.78 is 66.1. The second kappa shape index (κ2) is 13.1. The van der Waals surface area contributed by atoms with Crippen molar-refractivity contribution in [2.75, 3.05) is 32.6 Å². The Labute approximate surface area is 230 Å². The summed E-state index contributed by atoms with van der Waals surface area (Å²) in [5.74, 6) is -0.554. The van der Waals surface area contributed by atoms with Crippen LogP contribution in [-0.4, -0.2) is 80.1 Å². The highest BCUT2D eigenvalue weighted by Gasteiger charge is 2.31. The van der Waals surface area contributed by atoms with Crippen LogP contribution in [0.3, 0.4) is 0 Å². The molecule has 2 aromatic rings. The van der Waals surface area contributed by atoms with Gasteiger partial charge in [0, 0.05) is 25.6 Å². The van der Waals surface area contributed by atoms with E-state index in [1.165, 1.54) is 11.8 Å². The Morgan fingerprint density at radius 2 is 1.85 bits per heavy atom. The molecule has 40 heavy (non-hydrogen) atoms. The molecule has 0 aromatic heterocycles. The number of hydrogen-bond donors (Lipinski definition) is 2. The van der Waals surface area contributed by atoms with Gasteiger partial charge in [-0.15, -0.1) is 13.2 Å². The summed E-state index contributed by atoms with van der Waals surface area (Å²) in [5.41, 5.74) is 1.70. The molecule has 0 unspecified atom stereocenters. The van der Waals surface area contributed by atoms with Crippen molar-refractivity contribution in [3.8, 4) is 5.75 Å².